The Balaban J connectivity index is 3.28. The first-order valence-electron chi connectivity index (χ1n) is 4.46. The highest BCUT2D eigenvalue weighted by Gasteiger charge is 2.06. The molecular weight excluding hydrogens is 162 g/mol. The Morgan fingerprint density at radius 1 is 1.31 bits per heavy atom. The van der Waals surface area contributed by atoms with Crippen molar-refractivity contribution in [1.82, 2.24) is 0 Å². The molecule has 0 fully saturated rings. The lowest BCUT2D eigenvalue weighted by Gasteiger charge is -2.08. The van der Waals surface area contributed by atoms with E-state index in [9.17, 15) is 4.79 Å². The zero-order chi connectivity index (χ0) is 10.0. The number of hydrogen-bond donors (Lipinski definition) is 1. The van der Waals surface area contributed by atoms with Gasteiger partial charge >= 0.3 is 0 Å². The molecule has 1 aromatic rings. The smallest absolute Gasteiger partial charge is 0.248 e. The summed E-state index contributed by atoms with van der Waals surface area (Å²) in [6, 6.07) is 3.71. The van der Waals surface area contributed by atoms with Gasteiger partial charge in [-0.2, -0.15) is 0 Å². The van der Waals surface area contributed by atoms with Crippen LogP contribution in [0.3, 0.4) is 0 Å². The van der Waals surface area contributed by atoms with Gasteiger partial charge in [-0.1, -0.05) is 6.92 Å². The second kappa shape index (κ2) is 3.60. The predicted molar refractivity (Wildman–Crippen MR) is 53.8 cm³/mol. The fourth-order valence-corrected chi connectivity index (χ4v) is 1.69. The fourth-order valence-electron chi connectivity index (χ4n) is 1.69. The molecule has 2 nitrogen and oxygen atoms in total. The maximum Gasteiger partial charge on any atom is 0.248 e. The van der Waals surface area contributed by atoms with Gasteiger partial charge in [-0.25, -0.2) is 0 Å². The lowest BCUT2D eigenvalue weighted by molar-refractivity contribution is 0.1000. The normalized spacial score (nSPS) is 10.1. The lowest BCUT2D eigenvalue weighted by Crippen LogP contribution is -2.12. The van der Waals surface area contributed by atoms with Crippen LogP contribution in [0.2, 0.25) is 0 Å². The summed E-state index contributed by atoms with van der Waals surface area (Å²) in [5.74, 6) is -0.353. The first-order chi connectivity index (χ1) is 6.06. The molecule has 0 atom stereocenters. The largest absolute Gasteiger partial charge is 0.366 e. The molecule has 0 aromatic heterocycles. The van der Waals surface area contributed by atoms with Gasteiger partial charge in [0.1, 0.15) is 0 Å². The summed E-state index contributed by atoms with van der Waals surface area (Å²) in [7, 11) is 0. The topological polar surface area (TPSA) is 43.1 Å². The van der Waals surface area contributed by atoms with E-state index in [0.717, 1.165) is 17.5 Å². The number of carbonyl (C=O) groups is 1. The third-order valence-electron chi connectivity index (χ3n) is 2.33. The second-order valence-electron chi connectivity index (χ2n) is 3.31. The average molecular weight is 177 g/mol. The molecule has 0 radical (unpaired) electrons. The molecule has 1 rings (SSSR count). The van der Waals surface area contributed by atoms with E-state index in [1.165, 1.54) is 5.56 Å². The van der Waals surface area contributed by atoms with E-state index in [1.807, 2.05) is 26.0 Å². The van der Waals surface area contributed by atoms with Gasteiger partial charge in [0.15, 0.2) is 0 Å². The third kappa shape index (κ3) is 1.89. The van der Waals surface area contributed by atoms with Crippen molar-refractivity contribution in [3.63, 3.8) is 0 Å². The minimum Gasteiger partial charge on any atom is -0.366 e. The molecule has 70 valence electrons. The van der Waals surface area contributed by atoms with Crippen LogP contribution in [-0.2, 0) is 6.42 Å². The zero-order valence-electron chi connectivity index (χ0n) is 8.35. The van der Waals surface area contributed by atoms with E-state index in [-0.39, 0.29) is 5.91 Å². The fraction of sp³-hybridized carbons (Fsp3) is 0.364. The van der Waals surface area contributed by atoms with Gasteiger partial charge in [-0.15, -0.1) is 0 Å². The maximum atomic E-state index is 10.9. The van der Waals surface area contributed by atoms with Gasteiger partial charge in [0.05, 0.1) is 0 Å². The number of carbonyl (C=O) groups excluding carboxylic acids is 1. The minimum absolute atomic E-state index is 0.353. The summed E-state index contributed by atoms with van der Waals surface area (Å²) in [5.41, 5.74) is 9.42. The molecule has 0 aliphatic heterocycles. The summed E-state index contributed by atoms with van der Waals surface area (Å²) in [5, 5.41) is 0. The highest BCUT2D eigenvalue weighted by atomic mass is 16.1. The van der Waals surface area contributed by atoms with Gasteiger partial charge in [0.25, 0.3) is 0 Å². The van der Waals surface area contributed by atoms with Crippen molar-refractivity contribution in [1.29, 1.82) is 0 Å². The van der Waals surface area contributed by atoms with Crippen molar-refractivity contribution in [3.8, 4) is 0 Å². The van der Waals surface area contributed by atoms with E-state index >= 15 is 0 Å². The van der Waals surface area contributed by atoms with Gasteiger partial charge < -0.3 is 5.73 Å². The van der Waals surface area contributed by atoms with Crippen molar-refractivity contribution >= 4 is 5.91 Å². The van der Waals surface area contributed by atoms with Crippen LogP contribution in [0, 0.1) is 13.8 Å². The Kier molecular flexibility index (Phi) is 2.71. The van der Waals surface area contributed by atoms with E-state index in [1.54, 1.807) is 0 Å². The summed E-state index contributed by atoms with van der Waals surface area (Å²) in [4.78, 5) is 10.9. The van der Waals surface area contributed by atoms with Crippen LogP contribution in [0.4, 0.5) is 0 Å². The Hall–Kier alpha value is -1.31. The molecule has 0 saturated carbocycles. The molecule has 2 heteroatoms. The standard InChI is InChI=1S/C11H15NO/c1-4-10-7(2)5-9(11(12)13)6-8(10)3/h5-6H,4H2,1-3H3,(H2,12,13). The number of hydrogen-bond acceptors (Lipinski definition) is 1. The van der Waals surface area contributed by atoms with Crippen LogP contribution in [0.15, 0.2) is 12.1 Å². The molecular formula is C11H15NO. The summed E-state index contributed by atoms with van der Waals surface area (Å²) in [6.07, 6.45) is 0.997. The van der Waals surface area contributed by atoms with Crippen molar-refractivity contribution < 1.29 is 4.79 Å². The second-order valence-corrected chi connectivity index (χ2v) is 3.31. The average Bonchev–Trinajstić information content (AvgIpc) is 2.03. The van der Waals surface area contributed by atoms with E-state index in [2.05, 4.69) is 6.92 Å². The first kappa shape index (κ1) is 9.78. The van der Waals surface area contributed by atoms with Gasteiger partial charge in [-0.3, -0.25) is 4.79 Å². The predicted octanol–water partition coefficient (Wildman–Crippen LogP) is 1.96. The number of aryl methyl sites for hydroxylation is 2. The number of rotatable bonds is 2. The third-order valence-corrected chi connectivity index (χ3v) is 2.33. The van der Waals surface area contributed by atoms with Crippen molar-refractivity contribution in [2.24, 2.45) is 5.73 Å². The number of nitrogens with two attached hydrogens (primary N) is 1. The summed E-state index contributed by atoms with van der Waals surface area (Å²) < 4.78 is 0. The van der Waals surface area contributed by atoms with Crippen LogP contribution >= 0.6 is 0 Å². The molecule has 0 bridgehead atoms. The van der Waals surface area contributed by atoms with Crippen molar-refractivity contribution in [2.45, 2.75) is 27.2 Å². The van der Waals surface area contributed by atoms with Crippen molar-refractivity contribution in [2.75, 3.05) is 0 Å². The highest BCUT2D eigenvalue weighted by Crippen LogP contribution is 2.16. The molecule has 0 heterocycles. The zero-order valence-corrected chi connectivity index (χ0v) is 8.35. The highest BCUT2D eigenvalue weighted by molar-refractivity contribution is 5.93. The molecule has 0 saturated heterocycles. The molecule has 0 aliphatic rings. The van der Waals surface area contributed by atoms with Gasteiger partial charge in [-0.05, 0) is 49.1 Å². The Morgan fingerprint density at radius 2 is 1.77 bits per heavy atom. The molecule has 0 aliphatic carbocycles. The SMILES string of the molecule is CCc1c(C)cc(C(N)=O)cc1C. The Labute approximate surface area is 78.8 Å². The van der Waals surface area contributed by atoms with Crippen molar-refractivity contribution in [3.05, 3.63) is 34.4 Å². The lowest BCUT2D eigenvalue weighted by atomic mass is 9.97. The molecule has 0 unspecified atom stereocenters. The minimum atomic E-state index is -0.353. The molecule has 0 spiro atoms. The first-order valence-corrected chi connectivity index (χ1v) is 4.46. The van der Waals surface area contributed by atoms with Gasteiger partial charge in [0.2, 0.25) is 5.91 Å². The molecule has 1 aromatic carbocycles. The van der Waals surface area contributed by atoms with E-state index in [4.69, 9.17) is 5.73 Å². The van der Waals surface area contributed by atoms with E-state index < -0.39 is 0 Å². The Morgan fingerprint density at radius 3 is 2.08 bits per heavy atom. The van der Waals surface area contributed by atoms with Crippen LogP contribution < -0.4 is 5.73 Å². The molecule has 13 heavy (non-hydrogen) atoms. The quantitative estimate of drug-likeness (QED) is 0.737. The summed E-state index contributed by atoms with van der Waals surface area (Å²) >= 11 is 0. The van der Waals surface area contributed by atoms with Crippen LogP contribution in [0.5, 0.6) is 0 Å². The maximum absolute atomic E-state index is 10.9. The van der Waals surface area contributed by atoms with Gasteiger partial charge in [0, 0.05) is 5.56 Å². The number of amides is 1. The van der Waals surface area contributed by atoms with Crippen LogP contribution in [0.1, 0.15) is 34.0 Å². The van der Waals surface area contributed by atoms with Crippen LogP contribution in [-0.4, -0.2) is 5.91 Å². The number of benzene rings is 1. The Bertz CT molecular complexity index is 319. The monoisotopic (exact) mass is 177 g/mol. The number of primary amides is 1. The summed E-state index contributed by atoms with van der Waals surface area (Å²) in [6.45, 7) is 6.13. The molecule has 2 N–H and O–H groups in total. The molecule has 1 amide bonds. The van der Waals surface area contributed by atoms with E-state index in [0.29, 0.717) is 5.56 Å². The van der Waals surface area contributed by atoms with Crippen LogP contribution in [0.25, 0.3) is 0 Å².